The monoisotopic (exact) mass is 633 g/mol. The van der Waals surface area contributed by atoms with Crippen LogP contribution in [0.25, 0.3) is 0 Å². The van der Waals surface area contributed by atoms with Gasteiger partial charge in [0.05, 0.1) is 33.0 Å². The summed E-state index contributed by atoms with van der Waals surface area (Å²) < 4.78 is 31.5. The van der Waals surface area contributed by atoms with Crippen LogP contribution in [0.3, 0.4) is 0 Å². The van der Waals surface area contributed by atoms with Crippen LogP contribution in [0.1, 0.15) is 6.42 Å². The molecule has 3 heterocycles. The lowest BCUT2D eigenvalue weighted by Gasteiger charge is -2.47. The predicted molar refractivity (Wildman–Crippen MR) is 132 cm³/mol. The topological polar surface area (TPSA) is 328 Å². The summed E-state index contributed by atoms with van der Waals surface area (Å²) in [5, 5.41) is 121. The van der Waals surface area contributed by atoms with E-state index in [1.165, 1.54) is 7.11 Å². The number of nitrogens with zero attached hydrogens (tertiary/aromatic N) is 1. The van der Waals surface area contributed by atoms with Crippen LogP contribution in [0.15, 0.2) is 4.99 Å². The van der Waals surface area contributed by atoms with Crippen molar-refractivity contribution in [3.05, 3.63) is 0 Å². The molecule has 16 atom stereocenters. The van der Waals surface area contributed by atoms with E-state index in [0.717, 1.165) is 6.40 Å². The van der Waals surface area contributed by atoms with Gasteiger partial charge in [-0.3, -0.25) is 0 Å². The van der Waals surface area contributed by atoms with E-state index in [1.54, 1.807) is 0 Å². The quantitative estimate of drug-likeness (QED) is 0.0701. The van der Waals surface area contributed by atoms with E-state index in [2.05, 4.69) is 4.99 Å². The number of aliphatic imine (C=N–C) groups is 1. The normalized spacial score (nSPS) is 45.5. The molecule has 0 aromatic carbocycles. The van der Waals surface area contributed by atoms with Gasteiger partial charge < -0.3 is 89.7 Å². The highest BCUT2D eigenvalue weighted by atomic mass is 16.8. The maximum Gasteiger partial charge on any atom is 0.364 e. The average molecular weight is 634 g/mol. The lowest BCUT2D eigenvalue weighted by molar-refractivity contribution is -0.364. The van der Waals surface area contributed by atoms with E-state index in [1.807, 2.05) is 0 Å². The third kappa shape index (κ3) is 7.58. The van der Waals surface area contributed by atoms with Crippen LogP contribution in [0.5, 0.6) is 0 Å². The Morgan fingerprint density at radius 2 is 1.65 bits per heavy atom. The standard InChI is InChI=1S/C23H39NO19/c1-38-6-24-11-7(27)2-23(22(36)37,43-19(11)12(29)8(28)3-25)39-5-10-13(30)14(31)17(34)21(41-10)42-18-9(4-26)40-20(35)16(33)15(18)32/h6-21,25-35H,2-5H2,1H3,(H,36,37)/b24-6-. The molecule has 20 nitrogen and oxygen atoms in total. The van der Waals surface area contributed by atoms with Crippen molar-refractivity contribution >= 4 is 12.4 Å². The molecule has 3 saturated heterocycles. The third-order valence-electron chi connectivity index (χ3n) is 7.40. The molecular weight excluding hydrogens is 594 g/mol. The lowest BCUT2D eigenvalue weighted by atomic mass is 9.89. The number of aliphatic carboxylic acids is 1. The summed E-state index contributed by atoms with van der Waals surface area (Å²) in [5.74, 6) is -4.62. The molecule has 3 aliphatic rings. The molecule has 20 heteroatoms. The van der Waals surface area contributed by atoms with Gasteiger partial charge >= 0.3 is 5.97 Å². The Kier molecular flexibility index (Phi) is 12.5. The molecule has 0 aromatic rings. The summed E-state index contributed by atoms with van der Waals surface area (Å²) in [4.78, 5) is 16.2. The zero-order chi connectivity index (χ0) is 32.2. The molecule has 250 valence electrons. The smallest absolute Gasteiger partial charge is 0.364 e. The van der Waals surface area contributed by atoms with Crippen molar-refractivity contribution in [1.82, 2.24) is 0 Å². The number of hydrogen-bond acceptors (Lipinski definition) is 19. The SMILES string of the molecule is CO/C=N\C1C(O)CC(OCC2OC(OC3C(CO)OC(O)C(O)C3O)C(O)C(O)C2O)(C(=O)O)OC1C(O)C(O)CO. The summed E-state index contributed by atoms with van der Waals surface area (Å²) in [7, 11) is 1.22. The van der Waals surface area contributed by atoms with E-state index in [-0.39, 0.29) is 0 Å². The van der Waals surface area contributed by atoms with Crippen molar-refractivity contribution in [2.24, 2.45) is 4.99 Å². The second kappa shape index (κ2) is 15.1. The van der Waals surface area contributed by atoms with Crippen LogP contribution in [0.4, 0.5) is 0 Å². The molecule has 0 aliphatic carbocycles. The summed E-state index contributed by atoms with van der Waals surface area (Å²) in [6.45, 7) is -2.74. The molecule has 0 saturated carbocycles. The number of rotatable bonds is 12. The predicted octanol–water partition coefficient (Wildman–Crippen LogP) is -7.68. The summed E-state index contributed by atoms with van der Waals surface area (Å²) >= 11 is 0. The van der Waals surface area contributed by atoms with E-state index in [4.69, 9.17) is 28.4 Å². The van der Waals surface area contributed by atoms with E-state index < -0.39 is 130 Å². The van der Waals surface area contributed by atoms with Crippen molar-refractivity contribution in [3.8, 4) is 0 Å². The number of hydrogen-bond donors (Lipinski definition) is 12. The summed E-state index contributed by atoms with van der Waals surface area (Å²) in [5.41, 5.74) is 0. The minimum Gasteiger partial charge on any atom is -0.487 e. The summed E-state index contributed by atoms with van der Waals surface area (Å²) in [6, 6.07) is -1.41. The molecule has 0 aromatic heterocycles. The molecule has 0 bridgehead atoms. The molecule has 0 spiro atoms. The fourth-order valence-corrected chi connectivity index (χ4v) is 4.93. The Morgan fingerprint density at radius 1 is 0.977 bits per heavy atom. The number of aliphatic hydroxyl groups is 11. The molecular formula is C23H39NO19. The first kappa shape index (κ1) is 35.8. The Labute approximate surface area is 243 Å². The number of carboxylic acid groups (broad SMARTS) is 1. The molecule has 43 heavy (non-hydrogen) atoms. The van der Waals surface area contributed by atoms with Crippen LogP contribution in [-0.4, -0.2) is 198 Å². The van der Waals surface area contributed by atoms with Gasteiger partial charge in [0.2, 0.25) is 0 Å². The van der Waals surface area contributed by atoms with Gasteiger partial charge in [0.1, 0.15) is 73.2 Å². The van der Waals surface area contributed by atoms with Gasteiger partial charge in [-0.2, -0.15) is 0 Å². The highest BCUT2D eigenvalue weighted by molar-refractivity contribution is 5.76. The first-order valence-corrected chi connectivity index (χ1v) is 13.1. The number of ether oxygens (including phenoxy) is 6. The van der Waals surface area contributed by atoms with Crippen molar-refractivity contribution < 1.29 is 94.5 Å². The van der Waals surface area contributed by atoms with Crippen LogP contribution >= 0.6 is 0 Å². The van der Waals surface area contributed by atoms with Crippen molar-refractivity contribution in [3.63, 3.8) is 0 Å². The van der Waals surface area contributed by atoms with Crippen LogP contribution in [-0.2, 0) is 33.2 Å². The summed E-state index contributed by atoms with van der Waals surface area (Å²) in [6.07, 6.45) is -25.6. The number of carboxylic acids is 1. The second-order valence-corrected chi connectivity index (χ2v) is 10.3. The maximum atomic E-state index is 12.4. The zero-order valence-corrected chi connectivity index (χ0v) is 22.7. The van der Waals surface area contributed by atoms with Crippen LogP contribution in [0, 0.1) is 0 Å². The van der Waals surface area contributed by atoms with Gasteiger partial charge in [-0.1, -0.05) is 0 Å². The minimum atomic E-state index is -2.78. The van der Waals surface area contributed by atoms with Gasteiger partial charge in [0, 0.05) is 6.42 Å². The Bertz CT molecular complexity index is 927. The first-order chi connectivity index (χ1) is 20.2. The van der Waals surface area contributed by atoms with Gasteiger partial charge in [-0.25, -0.2) is 9.79 Å². The third-order valence-corrected chi connectivity index (χ3v) is 7.40. The number of carbonyl (C=O) groups is 1. The average Bonchev–Trinajstić information content (AvgIpc) is 2.98. The van der Waals surface area contributed by atoms with E-state index >= 15 is 0 Å². The molecule has 3 aliphatic heterocycles. The van der Waals surface area contributed by atoms with Gasteiger partial charge in [0.15, 0.2) is 19.0 Å². The molecule has 12 N–H and O–H groups in total. The minimum absolute atomic E-state index is 0.829. The Morgan fingerprint density at radius 3 is 2.23 bits per heavy atom. The van der Waals surface area contributed by atoms with Crippen molar-refractivity contribution in [1.29, 1.82) is 0 Å². The number of methoxy groups -OCH3 is 1. The molecule has 16 unspecified atom stereocenters. The molecule has 0 amide bonds. The van der Waals surface area contributed by atoms with Gasteiger partial charge in [0.25, 0.3) is 5.79 Å². The Balaban J connectivity index is 1.82. The molecule has 3 fully saturated rings. The van der Waals surface area contributed by atoms with Crippen molar-refractivity contribution in [2.45, 2.75) is 104 Å². The zero-order valence-electron chi connectivity index (χ0n) is 22.7. The molecule has 0 radical (unpaired) electrons. The van der Waals surface area contributed by atoms with Gasteiger partial charge in [-0.15, -0.1) is 0 Å². The largest absolute Gasteiger partial charge is 0.487 e. The first-order valence-electron chi connectivity index (χ1n) is 13.1. The highest BCUT2D eigenvalue weighted by Gasteiger charge is 2.57. The fourth-order valence-electron chi connectivity index (χ4n) is 4.93. The fraction of sp³-hybridized carbons (Fsp3) is 0.913. The van der Waals surface area contributed by atoms with Gasteiger partial charge in [-0.05, 0) is 0 Å². The second-order valence-electron chi connectivity index (χ2n) is 10.3. The highest BCUT2D eigenvalue weighted by Crippen LogP contribution is 2.36. The van der Waals surface area contributed by atoms with Crippen LogP contribution in [0.2, 0.25) is 0 Å². The van der Waals surface area contributed by atoms with Crippen molar-refractivity contribution in [2.75, 3.05) is 26.9 Å². The van der Waals surface area contributed by atoms with E-state index in [9.17, 15) is 66.1 Å². The lowest BCUT2D eigenvalue weighted by Crippen LogP contribution is -2.66. The Hall–Kier alpha value is -1.70. The maximum absolute atomic E-state index is 12.4. The molecule has 3 rings (SSSR count). The van der Waals surface area contributed by atoms with Crippen LogP contribution < -0.4 is 0 Å². The van der Waals surface area contributed by atoms with E-state index in [0.29, 0.717) is 0 Å². The number of aliphatic hydroxyl groups excluding tert-OH is 11.